The molecular weight excluding hydrogens is 239 g/mol. The van der Waals surface area contributed by atoms with E-state index in [1.807, 2.05) is 31.3 Å². The van der Waals surface area contributed by atoms with Crippen LogP contribution in [-0.2, 0) is 6.54 Å². The van der Waals surface area contributed by atoms with Crippen molar-refractivity contribution in [3.05, 3.63) is 53.6 Å². The van der Waals surface area contributed by atoms with Gasteiger partial charge < -0.3 is 5.32 Å². The van der Waals surface area contributed by atoms with Gasteiger partial charge >= 0.3 is 0 Å². The van der Waals surface area contributed by atoms with Gasteiger partial charge in [0.2, 0.25) is 0 Å². The lowest BCUT2D eigenvalue weighted by Crippen LogP contribution is -2.14. The molecule has 100 valence electrons. The van der Waals surface area contributed by atoms with Gasteiger partial charge in [-0.05, 0) is 49.2 Å². The molecule has 0 aliphatic heterocycles. The number of halogens is 1. The van der Waals surface area contributed by atoms with E-state index in [4.69, 9.17) is 0 Å². The quantitative estimate of drug-likeness (QED) is 0.827. The molecule has 1 N–H and O–H groups in total. The molecule has 0 aliphatic carbocycles. The SMILES string of the molecule is CCCNCc1cc(-c2cnccc2C)ccc1F. The smallest absolute Gasteiger partial charge is 0.127 e. The van der Waals surface area contributed by atoms with Gasteiger partial charge in [-0.1, -0.05) is 13.0 Å². The number of nitrogens with zero attached hydrogens (tertiary/aromatic N) is 1. The Morgan fingerprint density at radius 2 is 2.11 bits per heavy atom. The second-order valence-corrected chi connectivity index (χ2v) is 4.67. The molecule has 0 spiro atoms. The van der Waals surface area contributed by atoms with E-state index in [-0.39, 0.29) is 5.82 Å². The van der Waals surface area contributed by atoms with E-state index in [1.165, 1.54) is 6.07 Å². The number of nitrogens with one attached hydrogen (secondary N) is 1. The van der Waals surface area contributed by atoms with Crippen LogP contribution in [0.5, 0.6) is 0 Å². The minimum atomic E-state index is -0.158. The highest BCUT2D eigenvalue weighted by atomic mass is 19.1. The van der Waals surface area contributed by atoms with Gasteiger partial charge in [-0.2, -0.15) is 0 Å². The van der Waals surface area contributed by atoms with Gasteiger partial charge in [-0.15, -0.1) is 0 Å². The number of hydrogen-bond donors (Lipinski definition) is 1. The molecule has 0 saturated carbocycles. The van der Waals surface area contributed by atoms with Gasteiger partial charge in [0.25, 0.3) is 0 Å². The first-order valence-electron chi connectivity index (χ1n) is 6.62. The molecular formula is C16H19FN2. The second kappa shape index (κ2) is 6.43. The van der Waals surface area contributed by atoms with Crippen LogP contribution in [0.2, 0.25) is 0 Å². The molecule has 0 radical (unpaired) electrons. The summed E-state index contributed by atoms with van der Waals surface area (Å²) in [5.41, 5.74) is 3.92. The van der Waals surface area contributed by atoms with E-state index in [0.29, 0.717) is 12.1 Å². The van der Waals surface area contributed by atoms with Crippen molar-refractivity contribution in [1.29, 1.82) is 0 Å². The molecule has 19 heavy (non-hydrogen) atoms. The Hall–Kier alpha value is -1.74. The van der Waals surface area contributed by atoms with Crippen molar-refractivity contribution < 1.29 is 4.39 Å². The third-order valence-corrected chi connectivity index (χ3v) is 3.14. The van der Waals surface area contributed by atoms with E-state index >= 15 is 0 Å². The lowest BCUT2D eigenvalue weighted by atomic mass is 10.0. The first-order valence-corrected chi connectivity index (χ1v) is 6.62. The Morgan fingerprint density at radius 3 is 2.84 bits per heavy atom. The maximum Gasteiger partial charge on any atom is 0.127 e. The number of hydrogen-bond acceptors (Lipinski definition) is 2. The van der Waals surface area contributed by atoms with Crippen molar-refractivity contribution in [2.24, 2.45) is 0 Å². The molecule has 1 heterocycles. The lowest BCUT2D eigenvalue weighted by Gasteiger charge is -2.09. The van der Waals surface area contributed by atoms with Gasteiger partial charge in [0, 0.05) is 30.1 Å². The first-order chi connectivity index (χ1) is 9.22. The summed E-state index contributed by atoms with van der Waals surface area (Å²) >= 11 is 0. The fourth-order valence-electron chi connectivity index (χ4n) is 2.04. The molecule has 0 saturated heterocycles. The van der Waals surface area contributed by atoms with Crippen molar-refractivity contribution in [3.63, 3.8) is 0 Å². The largest absolute Gasteiger partial charge is 0.313 e. The van der Waals surface area contributed by atoms with Crippen LogP contribution >= 0.6 is 0 Å². The van der Waals surface area contributed by atoms with E-state index < -0.39 is 0 Å². The van der Waals surface area contributed by atoms with Crippen molar-refractivity contribution in [3.8, 4) is 11.1 Å². The number of benzene rings is 1. The number of aryl methyl sites for hydroxylation is 1. The Bertz CT molecular complexity index is 552. The molecule has 0 atom stereocenters. The molecule has 1 aromatic heterocycles. The zero-order valence-corrected chi connectivity index (χ0v) is 11.4. The van der Waals surface area contributed by atoms with Crippen LogP contribution < -0.4 is 5.32 Å². The van der Waals surface area contributed by atoms with Crippen LogP contribution in [0.15, 0.2) is 36.7 Å². The molecule has 0 aliphatic rings. The van der Waals surface area contributed by atoms with E-state index in [2.05, 4.69) is 17.2 Å². The van der Waals surface area contributed by atoms with Crippen LogP contribution in [-0.4, -0.2) is 11.5 Å². The van der Waals surface area contributed by atoms with Crippen LogP contribution in [0.4, 0.5) is 4.39 Å². The predicted molar refractivity (Wildman–Crippen MR) is 76.4 cm³/mol. The number of pyridine rings is 1. The van der Waals surface area contributed by atoms with Crippen LogP contribution in [0.1, 0.15) is 24.5 Å². The van der Waals surface area contributed by atoms with Crippen molar-refractivity contribution >= 4 is 0 Å². The summed E-state index contributed by atoms with van der Waals surface area (Å²) in [6.45, 7) is 5.59. The molecule has 0 unspecified atom stereocenters. The summed E-state index contributed by atoms with van der Waals surface area (Å²) in [7, 11) is 0. The Kier molecular flexibility index (Phi) is 4.63. The second-order valence-electron chi connectivity index (χ2n) is 4.67. The zero-order chi connectivity index (χ0) is 13.7. The molecule has 0 fully saturated rings. The third kappa shape index (κ3) is 3.38. The zero-order valence-electron chi connectivity index (χ0n) is 11.4. The maximum atomic E-state index is 13.8. The fraction of sp³-hybridized carbons (Fsp3) is 0.312. The monoisotopic (exact) mass is 258 g/mol. The molecule has 2 aromatic rings. The average Bonchev–Trinajstić information content (AvgIpc) is 2.42. The molecule has 0 amide bonds. The Morgan fingerprint density at radius 1 is 1.26 bits per heavy atom. The van der Waals surface area contributed by atoms with Crippen molar-refractivity contribution in [2.45, 2.75) is 26.8 Å². The predicted octanol–water partition coefficient (Wildman–Crippen LogP) is 3.70. The minimum absolute atomic E-state index is 0.158. The van der Waals surface area contributed by atoms with Crippen LogP contribution in [0.3, 0.4) is 0 Å². The molecule has 3 heteroatoms. The van der Waals surface area contributed by atoms with Crippen LogP contribution in [0.25, 0.3) is 11.1 Å². The van der Waals surface area contributed by atoms with Gasteiger partial charge in [0.15, 0.2) is 0 Å². The van der Waals surface area contributed by atoms with E-state index in [9.17, 15) is 4.39 Å². The van der Waals surface area contributed by atoms with Gasteiger partial charge in [-0.3, -0.25) is 4.98 Å². The summed E-state index contributed by atoms with van der Waals surface area (Å²) in [6.07, 6.45) is 4.64. The maximum absolute atomic E-state index is 13.8. The van der Waals surface area contributed by atoms with E-state index in [0.717, 1.165) is 29.7 Å². The van der Waals surface area contributed by atoms with E-state index in [1.54, 1.807) is 6.20 Å². The fourth-order valence-corrected chi connectivity index (χ4v) is 2.04. The Labute approximate surface area is 113 Å². The average molecular weight is 258 g/mol. The number of rotatable bonds is 5. The normalized spacial score (nSPS) is 10.7. The highest BCUT2D eigenvalue weighted by Gasteiger charge is 2.07. The van der Waals surface area contributed by atoms with Crippen molar-refractivity contribution in [2.75, 3.05) is 6.54 Å². The molecule has 1 aromatic carbocycles. The van der Waals surface area contributed by atoms with Crippen LogP contribution in [0, 0.1) is 12.7 Å². The molecule has 2 nitrogen and oxygen atoms in total. The van der Waals surface area contributed by atoms with Gasteiger partial charge in [-0.25, -0.2) is 4.39 Å². The molecule has 2 rings (SSSR count). The standard InChI is InChI=1S/C16H19FN2/c1-3-7-18-10-14-9-13(4-5-16(14)17)15-11-19-8-6-12(15)2/h4-6,8-9,11,18H,3,7,10H2,1-2H3. The summed E-state index contributed by atoms with van der Waals surface area (Å²) in [5, 5.41) is 3.23. The minimum Gasteiger partial charge on any atom is -0.313 e. The highest BCUT2D eigenvalue weighted by Crippen LogP contribution is 2.24. The summed E-state index contributed by atoms with van der Waals surface area (Å²) in [5.74, 6) is -0.158. The first kappa shape index (κ1) is 13.7. The van der Waals surface area contributed by atoms with Gasteiger partial charge in [0.1, 0.15) is 5.82 Å². The lowest BCUT2D eigenvalue weighted by molar-refractivity contribution is 0.587. The van der Waals surface area contributed by atoms with Gasteiger partial charge in [0.05, 0.1) is 0 Å². The summed E-state index contributed by atoms with van der Waals surface area (Å²) in [4.78, 5) is 4.14. The molecule has 0 bridgehead atoms. The van der Waals surface area contributed by atoms with Crippen molar-refractivity contribution in [1.82, 2.24) is 10.3 Å². The third-order valence-electron chi connectivity index (χ3n) is 3.14. The summed E-state index contributed by atoms with van der Waals surface area (Å²) < 4.78 is 13.8. The Balaban J connectivity index is 2.28. The topological polar surface area (TPSA) is 24.9 Å². The highest BCUT2D eigenvalue weighted by molar-refractivity contribution is 5.66. The number of aromatic nitrogens is 1. The summed E-state index contributed by atoms with van der Waals surface area (Å²) in [6, 6.07) is 7.21.